The number of benzene rings is 1. The lowest BCUT2D eigenvalue weighted by Gasteiger charge is -2.15. The summed E-state index contributed by atoms with van der Waals surface area (Å²) in [5.41, 5.74) is 0.204. The minimum atomic E-state index is -1.41. The molecule has 1 aromatic heterocycles. The van der Waals surface area contributed by atoms with Gasteiger partial charge in [-0.1, -0.05) is 0 Å². The second-order valence-corrected chi connectivity index (χ2v) is 5.46. The number of ether oxygens (including phenoxy) is 2. The highest BCUT2D eigenvalue weighted by atomic mass is 16.5. The van der Waals surface area contributed by atoms with E-state index in [0.29, 0.717) is 16.7 Å². The van der Waals surface area contributed by atoms with E-state index in [0.717, 1.165) is 0 Å². The maximum atomic E-state index is 12.3. The fraction of sp³-hybridized carbons (Fsp3) is 0.353. The zero-order valence-electron chi connectivity index (χ0n) is 14.3. The maximum absolute atomic E-state index is 12.3. The number of hydrogen-bond acceptors (Lipinski definition) is 7. The van der Waals surface area contributed by atoms with E-state index in [2.05, 4.69) is 5.32 Å². The number of rotatable bonds is 6. The van der Waals surface area contributed by atoms with Crippen molar-refractivity contribution in [1.29, 1.82) is 0 Å². The Kier molecular flexibility index (Phi) is 5.31. The van der Waals surface area contributed by atoms with Crippen LogP contribution in [0.1, 0.15) is 18.1 Å². The lowest BCUT2D eigenvalue weighted by Crippen LogP contribution is -2.46. The Hall–Kier alpha value is -3.03. The number of amides is 1. The van der Waals surface area contributed by atoms with Gasteiger partial charge in [0.05, 0.1) is 38.2 Å². The van der Waals surface area contributed by atoms with Crippen molar-refractivity contribution >= 4 is 22.8 Å². The minimum Gasteiger partial charge on any atom is -0.548 e. The number of methoxy groups -OCH3 is 2. The summed E-state index contributed by atoms with van der Waals surface area (Å²) in [7, 11) is 2.89. The molecule has 134 valence electrons. The van der Waals surface area contributed by atoms with Crippen molar-refractivity contribution in [3.8, 4) is 11.5 Å². The Bertz CT molecular complexity index is 885. The van der Waals surface area contributed by atoms with Gasteiger partial charge in [0.25, 0.3) is 0 Å². The highest BCUT2D eigenvalue weighted by Gasteiger charge is 2.20. The summed E-state index contributed by atoms with van der Waals surface area (Å²) in [6.07, 6.45) is -0.309. The quantitative estimate of drug-likeness (QED) is 0.725. The van der Waals surface area contributed by atoms with Crippen LogP contribution in [0, 0.1) is 6.92 Å². The van der Waals surface area contributed by atoms with Crippen LogP contribution in [0.2, 0.25) is 0 Å². The van der Waals surface area contributed by atoms with Crippen molar-refractivity contribution in [3.63, 3.8) is 0 Å². The van der Waals surface area contributed by atoms with Gasteiger partial charge in [0.1, 0.15) is 0 Å². The summed E-state index contributed by atoms with van der Waals surface area (Å²) >= 11 is 0. The van der Waals surface area contributed by atoms with Gasteiger partial charge in [0.2, 0.25) is 11.7 Å². The molecule has 0 aliphatic rings. The molecule has 0 aliphatic heterocycles. The van der Waals surface area contributed by atoms with Crippen molar-refractivity contribution in [2.45, 2.75) is 26.3 Å². The fourth-order valence-electron chi connectivity index (χ4n) is 2.48. The Balaban J connectivity index is 2.48. The largest absolute Gasteiger partial charge is 0.548 e. The monoisotopic (exact) mass is 348 g/mol. The standard InChI is InChI=1S/C17H19NO7/c1-8-10-5-6-12(23-3)15(24-4)14(10)25-17(22)11(8)7-13(19)18-9(2)16(20)21/h5-6,9H,7H2,1-4H3,(H,18,19)(H,20,21)/p-1/t9-/m0/s1. The number of nitrogens with one attached hydrogen (secondary N) is 1. The number of carbonyl (C=O) groups excluding carboxylic acids is 2. The Labute approximate surface area is 143 Å². The molecule has 8 nitrogen and oxygen atoms in total. The summed E-state index contributed by atoms with van der Waals surface area (Å²) < 4.78 is 15.7. The summed E-state index contributed by atoms with van der Waals surface area (Å²) in [6.45, 7) is 2.95. The molecule has 1 amide bonds. The maximum Gasteiger partial charge on any atom is 0.340 e. The van der Waals surface area contributed by atoms with E-state index < -0.39 is 23.5 Å². The molecular weight excluding hydrogens is 330 g/mol. The van der Waals surface area contributed by atoms with Crippen LogP contribution in [0.3, 0.4) is 0 Å². The SMILES string of the molecule is COc1ccc2c(C)c(CC(=O)N[C@@H](C)C(=O)[O-])c(=O)oc2c1OC. The average molecular weight is 348 g/mol. The van der Waals surface area contributed by atoms with Crippen molar-refractivity contribution < 1.29 is 28.6 Å². The Morgan fingerprint density at radius 1 is 1.28 bits per heavy atom. The zero-order chi connectivity index (χ0) is 18.7. The van der Waals surface area contributed by atoms with Crippen molar-refractivity contribution in [3.05, 3.63) is 33.7 Å². The Morgan fingerprint density at radius 3 is 2.52 bits per heavy atom. The molecule has 0 radical (unpaired) electrons. The van der Waals surface area contributed by atoms with E-state index in [1.54, 1.807) is 19.1 Å². The molecular formula is C17H18NO7-. The molecule has 8 heteroatoms. The van der Waals surface area contributed by atoms with Gasteiger partial charge in [0, 0.05) is 5.39 Å². The summed E-state index contributed by atoms with van der Waals surface area (Å²) in [4.78, 5) is 35.0. The molecule has 1 heterocycles. The molecule has 2 aromatic rings. The molecule has 0 fully saturated rings. The van der Waals surface area contributed by atoms with E-state index in [-0.39, 0.29) is 23.3 Å². The molecule has 1 aromatic carbocycles. The van der Waals surface area contributed by atoms with E-state index in [9.17, 15) is 19.5 Å². The molecule has 1 N–H and O–H groups in total. The predicted molar refractivity (Wildman–Crippen MR) is 86.6 cm³/mol. The third-order valence-electron chi connectivity index (χ3n) is 3.87. The third kappa shape index (κ3) is 3.57. The number of carboxylic acid groups (broad SMARTS) is 1. The summed E-state index contributed by atoms with van der Waals surface area (Å²) in [5, 5.41) is 13.5. The summed E-state index contributed by atoms with van der Waals surface area (Å²) in [6, 6.07) is 2.20. The van der Waals surface area contributed by atoms with E-state index in [1.165, 1.54) is 21.1 Å². The number of fused-ring (bicyclic) bond motifs is 1. The van der Waals surface area contributed by atoms with Crippen LogP contribution in [-0.4, -0.2) is 32.1 Å². The van der Waals surface area contributed by atoms with Crippen molar-refractivity contribution in [1.82, 2.24) is 5.32 Å². The lowest BCUT2D eigenvalue weighted by molar-refractivity contribution is -0.307. The molecule has 0 aliphatic carbocycles. The second-order valence-electron chi connectivity index (χ2n) is 5.46. The van der Waals surface area contributed by atoms with Gasteiger partial charge < -0.3 is 29.1 Å². The predicted octanol–water partition coefficient (Wildman–Crippen LogP) is -0.0843. The minimum absolute atomic E-state index is 0.141. The first kappa shape index (κ1) is 18.3. The van der Waals surface area contributed by atoms with Gasteiger partial charge in [-0.25, -0.2) is 4.79 Å². The number of carboxylic acids is 1. The van der Waals surface area contributed by atoms with Crippen LogP contribution >= 0.6 is 0 Å². The third-order valence-corrected chi connectivity index (χ3v) is 3.87. The molecule has 0 bridgehead atoms. The molecule has 25 heavy (non-hydrogen) atoms. The second kappa shape index (κ2) is 7.25. The number of aliphatic carboxylic acids is 1. The molecule has 2 rings (SSSR count). The molecule has 0 saturated heterocycles. The number of aryl methyl sites for hydroxylation is 1. The topological polar surface area (TPSA) is 118 Å². The normalized spacial score (nSPS) is 11.8. The molecule has 1 atom stereocenters. The first-order valence-electron chi connectivity index (χ1n) is 7.47. The van der Waals surface area contributed by atoms with E-state index in [4.69, 9.17) is 13.9 Å². The van der Waals surface area contributed by atoms with Gasteiger partial charge in [-0.3, -0.25) is 4.79 Å². The lowest BCUT2D eigenvalue weighted by atomic mass is 10.0. The fourth-order valence-corrected chi connectivity index (χ4v) is 2.48. The number of hydrogen-bond donors (Lipinski definition) is 1. The molecule has 0 unspecified atom stereocenters. The van der Waals surface area contributed by atoms with E-state index in [1.807, 2.05) is 0 Å². The summed E-state index contributed by atoms with van der Waals surface area (Å²) in [5.74, 6) is -1.34. The Morgan fingerprint density at radius 2 is 1.96 bits per heavy atom. The smallest absolute Gasteiger partial charge is 0.340 e. The van der Waals surface area contributed by atoms with Crippen molar-refractivity contribution in [2.24, 2.45) is 0 Å². The van der Waals surface area contributed by atoms with Crippen LogP contribution in [0.4, 0.5) is 0 Å². The van der Waals surface area contributed by atoms with Gasteiger partial charge in [-0.2, -0.15) is 0 Å². The van der Waals surface area contributed by atoms with Crippen LogP contribution < -0.4 is 25.5 Å². The van der Waals surface area contributed by atoms with E-state index >= 15 is 0 Å². The first-order valence-corrected chi connectivity index (χ1v) is 7.47. The van der Waals surface area contributed by atoms with Crippen molar-refractivity contribution in [2.75, 3.05) is 14.2 Å². The molecule has 0 saturated carbocycles. The van der Waals surface area contributed by atoms with Crippen LogP contribution in [0.25, 0.3) is 11.0 Å². The first-order chi connectivity index (χ1) is 11.8. The zero-order valence-corrected chi connectivity index (χ0v) is 14.3. The molecule has 0 spiro atoms. The van der Waals surface area contributed by atoms with Gasteiger partial charge >= 0.3 is 5.63 Å². The van der Waals surface area contributed by atoms with Gasteiger partial charge in [-0.05, 0) is 31.5 Å². The van der Waals surface area contributed by atoms with Crippen LogP contribution in [0.5, 0.6) is 11.5 Å². The average Bonchev–Trinajstić information content (AvgIpc) is 2.57. The van der Waals surface area contributed by atoms with Crippen LogP contribution in [0.15, 0.2) is 21.3 Å². The number of carbonyl (C=O) groups is 2. The van der Waals surface area contributed by atoms with Gasteiger partial charge in [-0.15, -0.1) is 0 Å². The van der Waals surface area contributed by atoms with Gasteiger partial charge in [0.15, 0.2) is 11.3 Å². The highest BCUT2D eigenvalue weighted by Crippen LogP contribution is 2.36. The highest BCUT2D eigenvalue weighted by molar-refractivity contribution is 5.90. The van der Waals surface area contributed by atoms with Crippen LogP contribution in [-0.2, 0) is 16.0 Å².